The summed E-state index contributed by atoms with van der Waals surface area (Å²) in [5.74, 6) is 0.387. The van der Waals surface area contributed by atoms with E-state index in [2.05, 4.69) is 15.6 Å². The summed E-state index contributed by atoms with van der Waals surface area (Å²) in [7, 11) is 3.36. The molecule has 6 nitrogen and oxygen atoms in total. The number of hydrogen-bond donors (Lipinski definition) is 2. The molecule has 1 aliphatic rings. The van der Waals surface area contributed by atoms with Gasteiger partial charge in [0.2, 0.25) is 0 Å². The van der Waals surface area contributed by atoms with Crippen LogP contribution in [0.4, 0.5) is 18.9 Å². The van der Waals surface area contributed by atoms with Crippen LogP contribution in [0.15, 0.2) is 54.7 Å². The Morgan fingerprint density at radius 2 is 2.06 bits per heavy atom. The van der Waals surface area contributed by atoms with Gasteiger partial charge in [-0.3, -0.25) is 9.80 Å². The number of alkyl halides is 3. The van der Waals surface area contributed by atoms with Crippen molar-refractivity contribution in [1.29, 1.82) is 0 Å². The molecule has 2 N–H and O–H groups in total. The highest BCUT2D eigenvalue weighted by atomic mass is 19.4. The number of hydrazine groups is 1. The molecule has 2 aromatic carbocycles. The number of hydrogen-bond acceptors (Lipinski definition) is 5. The molecule has 1 aliphatic heterocycles. The summed E-state index contributed by atoms with van der Waals surface area (Å²) in [5, 5.41) is 4.90. The first-order valence-electron chi connectivity index (χ1n) is 11.7. The Bertz CT molecular complexity index is 1030. The van der Waals surface area contributed by atoms with Crippen molar-refractivity contribution in [2.75, 3.05) is 38.8 Å². The summed E-state index contributed by atoms with van der Waals surface area (Å²) in [6, 6.07) is 10.8. The van der Waals surface area contributed by atoms with Gasteiger partial charge in [0, 0.05) is 37.9 Å². The molecule has 0 aliphatic carbocycles. The van der Waals surface area contributed by atoms with Crippen molar-refractivity contribution in [3.05, 3.63) is 71.4 Å². The van der Waals surface area contributed by atoms with E-state index in [0.29, 0.717) is 36.4 Å². The molecule has 2 aromatic rings. The third kappa shape index (κ3) is 7.22. The molecule has 1 unspecified atom stereocenters. The summed E-state index contributed by atoms with van der Waals surface area (Å²) >= 11 is 0. The molecule has 1 heterocycles. The number of nitrogens with one attached hydrogen (secondary N) is 2. The SMILES string of the molecule is C/C=C/N(NC)c1ccc(C(=O)NC2CCCN(CCc3cccc(C(F)(F)F)c3)C2)cc1OC. The fourth-order valence-corrected chi connectivity index (χ4v) is 4.28. The number of carbonyl (C=O) groups excluding carboxylic acids is 1. The second kappa shape index (κ2) is 12.1. The van der Waals surface area contributed by atoms with Gasteiger partial charge in [-0.15, -0.1) is 0 Å². The van der Waals surface area contributed by atoms with Crippen molar-refractivity contribution in [2.24, 2.45) is 0 Å². The first kappa shape index (κ1) is 26.6. The van der Waals surface area contributed by atoms with E-state index in [9.17, 15) is 18.0 Å². The summed E-state index contributed by atoms with van der Waals surface area (Å²) in [4.78, 5) is 15.1. The Kier molecular flexibility index (Phi) is 9.17. The standard InChI is InChI=1S/C26H33F3N4O2/c1-4-13-33(30-2)23-11-10-20(17-24(23)35-3)25(34)31-22-9-6-14-32(18-22)15-12-19-7-5-8-21(16-19)26(27,28)29/h4-5,7-8,10-11,13,16-17,22,30H,6,9,12,14-15,18H2,1-3H3,(H,31,34)/b13-4+. The number of nitrogens with zero attached hydrogens (tertiary/aromatic N) is 2. The second-order valence-corrected chi connectivity index (χ2v) is 8.52. The third-order valence-electron chi connectivity index (χ3n) is 6.05. The van der Waals surface area contributed by atoms with E-state index >= 15 is 0 Å². The average molecular weight is 491 g/mol. The normalized spacial score (nSPS) is 16.9. The van der Waals surface area contributed by atoms with Gasteiger partial charge in [-0.05, 0) is 62.6 Å². The molecule has 0 aromatic heterocycles. The largest absolute Gasteiger partial charge is 0.494 e. The van der Waals surface area contributed by atoms with Crippen molar-refractivity contribution in [3.8, 4) is 5.75 Å². The van der Waals surface area contributed by atoms with Crippen molar-refractivity contribution in [1.82, 2.24) is 15.6 Å². The maximum Gasteiger partial charge on any atom is 0.416 e. The number of ether oxygens (including phenoxy) is 1. The molecule has 1 amide bonds. The lowest BCUT2D eigenvalue weighted by molar-refractivity contribution is -0.137. The molecule has 35 heavy (non-hydrogen) atoms. The lowest BCUT2D eigenvalue weighted by atomic mass is 10.0. The van der Waals surface area contributed by atoms with Crippen molar-refractivity contribution < 1.29 is 22.7 Å². The number of halogens is 3. The summed E-state index contributed by atoms with van der Waals surface area (Å²) in [5.41, 5.74) is 4.37. The van der Waals surface area contributed by atoms with Gasteiger partial charge in [-0.25, -0.2) is 5.43 Å². The number of allylic oxidation sites excluding steroid dienone is 1. The highest BCUT2D eigenvalue weighted by Crippen LogP contribution is 2.30. The molecule has 0 radical (unpaired) electrons. The van der Waals surface area contributed by atoms with Crippen LogP contribution in [0.1, 0.15) is 41.3 Å². The highest BCUT2D eigenvalue weighted by Gasteiger charge is 2.30. The van der Waals surface area contributed by atoms with Crippen LogP contribution in [0.3, 0.4) is 0 Å². The zero-order valence-corrected chi connectivity index (χ0v) is 20.4. The van der Waals surface area contributed by atoms with Gasteiger partial charge in [0.1, 0.15) is 5.75 Å². The Balaban J connectivity index is 1.59. The molecule has 0 bridgehead atoms. The maximum atomic E-state index is 13.0. The Labute approximate surface area is 204 Å². The minimum absolute atomic E-state index is 0.0275. The fourth-order valence-electron chi connectivity index (χ4n) is 4.28. The number of amides is 1. The number of carbonyl (C=O) groups is 1. The van der Waals surface area contributed by atoms with E-state index in [0.717, 1.165) is 31.1 Å². The molecule has 0 saturated carbocycles. The molecular formula is C26H33F3N4O2. The number of benzene rings is 2. The lowest BCUT2D eigenvalue weighted by Gasteiger charge is -2.33. The number of piperidine rings is 1. The topological polar surface area (TPSA) is 56.8 Å². The molecule has 9 heteroatoms. The van der Waals surface area contributed by atoms with E-state index in [1.54, 1.807) is 37.4 Å². The Hall–Kier alpha value is -3.04. The molecular weight excluding hydrogens is 457 g/mol. The molecule has 0 spiro atoms. The van der Waals surface area contributed by atoms with Gasteiger partial charge in [0.15, 0.2) is 0 Å². The minimum atomic E-state index is -4.34. The van der Waals surface area contributed by atoms with Crippen molar-refractivity contribution >= 4 is 11.6 Å². The molecule has 190 valence electrons. The minimum Gasteiger partial charge on any atom is -0.494 e. The highest BCUT2D eigenvalue weighted by molar-refractivity contribution is 5.95. The van der Waals surface area contributed by atoms with Gasteiger partial charge in [0.25, 0.3) is 5.91 Å². The lowest BCUT2D eigenvalue weighted by Crippen LogP contribution is -2.48. The molecule has 1 fully saturated rings. The number of rotatable bonds is 9. The van der Waals surface area contributed by atoms with E-state index in [1.165, 1.54) is 12.1 Å². The van der Waals surface area contributed by atoms with Gasteiger partial charge in [-0.1, -0.05) is 24.3 Å². The van der Waals surface area contributed by atoms with Crippen LogP contribution in [0.5, 0.6) is 5.75 Å². The zero-order valence-electron chi connectivity index (χ0n) is 20.4. The average Bonchev–Trinajstić information content (AvgIpc) is 2.85. The van der Waals surface area contributed by atoms with Crippen LogP contribution in [-0.4, -0.2) is 50.6 Å². The number of anilines is 1. The summed E-state index contributed by atoms with van der Waals surface area (Å²) < 4.78 is 44.4. The van der Waals surface area contributed by atoms with Crippen LogP contribution in [0.2, 0.25) is 0 Å². The van der Waals surface area contributed by atoms with E-state index in [1.807, 2.05) is 25.3 Å². The quantitative estimate of drug-likeness (QED) is 0.503. The van der Waals surface area contributed by atoms with Crippen LogP contribution in [0, 0.1) is 0 Å². The van der Waals surface area contributed by atoms with Gasteiger partial charge in [0.05, 0.1) is 18.4 Å². The van der Waals surface area contributed by atoms with Gasteiger partial charge >= 0.3 is 6.18 Å². The van der Waals surface area contributed by atoms with Crippen molar-refractivity contribution in [2.45, 2.75) is 38.4 Å². The first-order valence-corrected chi connectivity index (χ1v) is 11.7. The fraction of sp³-hybridized carbons (Fsp3) is 0.423. The number of methoxy groups -OCH3 is 1. The van der Waals surface area contributed by atoms with E-state index in [4.69, 9.17) is 4.74 Å². The van der Waals surface area contributed by atoms with E-state index < -0.39 is 11.7 Å². The molecule has 3 rings (SSSR count). The predicted octanol–water partition coefficient (Wildman–Crippen LogP) is 4.63. The summed E-state index contributed by atoms with van der Waals surface area (Å²) in [6.07, 6.45) is 1.70. The molecule has 1 atom stereocenters. The predicted molar refractivity (Wildman–Crippen MR) is 131 cm³/mol. The Morgan fingerprint density at radius 1 is 1.26 bits per heavy atom. The smallest absolute Gasteiger partial charge is 0.416 e. The first-order chi connectivity index (χ1) is 16.7. The van der Waals surface area contributed by atoms with Gasteiger partial charge in [-0.2, -0.15) is 13.2 Å². The Morgan fingerprint density at radius 3 is 2.74 bits per heavy atom. The second-order valence-electron chi connectivity index (χ2n) is 8.52. The monoisotopic (exact) mass is 490 g/mol. The van der Waals surface area contributed by atoms with Crippen LogP contribution in [0.25, 0.3) is 0 Å². The van der Waals surface area contributed by atoms with Gasteiger partial charge < -0.3 is 15.0 Å². The van der Waals surface area contributed by atoms with E-state index in [-0.39, 0.29) is 11.9 Å². The van der Waals surface area contributed by atoms with Crippen molar-refractivity contribution in [3.63, 3.8) is 0 Å². The molecule has 1 saturated heterocycles. The number of likely N-dealkylation sites (tertiary alicyclic amines) is 1. The van der Waals surface area contributed by atoms with Crippen LogP contribution in [-0.2, 0) is 12.6 Å². The zero-order chi connectivity index (χ0) is 25.4. The third-order valence-corrected chi connectivity index (χ3v) is 6.05. The van der Waals surface area contributed by atoms with Crippen LogP contribution < -0.4 is 20.5 Å². The van der Waals surface area contributed by atoms with Crippen LogP contribution >= 0.6 is 0 Å². The maximum absolute atomic E-state index is 13.0. The summed E-state index contributed by atoms with van der Waals surface area (Å²) in [6.45, 7) is 4.07.